The van der Waals surface area contributed by atoms with E-state index in [1.165, 1.54) is 11.3 Å². The minimum absolute atomic E-state index is 0.103. The minimum Gasteiger partial charge on any atom is -0.503 e. The zero-order valence-electron chi connectivity index (χ0n) is 12.4. The molecule has 0 amide bonds. The third-order valence-electron chi connectivity index (χ3n) is 3.19. The average Bonchev–Trinajstić information content (AvgIpc) is 3.11. The smallest absolute Gasteiger partial charge is 0.276 e. The number of rotatable bonds is 4. The van der Waals surface area contributed by atoms with Gasteiger partial charge in [-0.1, -0.05) is 17.8 Å². The van der Waals surface area contributed by atoms with E-state index in [1.54, 1.807) is 17.5 Å². The number of hydrogen-bond acceptors (Lipinski definition) is 5. The molecule has 0 aliphatic heterocycles. The zero-order chi connectivity index (χ0) is 18.0. The highest BCUT2D eigenvalue weighted by Gasteiger charge is 2.15. The van der Waals surface area contributed by atoms with Gasteiger partial charge in [0, 0.05) is 10.6 Å². The van der Waals surface area contributed by atoms with Crippen LogP contribution in [-0.2, 0) is 5.75 Å². The molecule has 9 heteroatoms. The SMILES string of the molecule is [C-]#[N+]c1c(-c2cccs2)nc(SCc2cc(F)c(O)c(F)c2)[nH]c1=O. The molecule has 0 unspecified atom stereocenters. The maximum absolute atomic E-state index is 13.4. The average molecular weight is 377 g/mol. The number of thiophene rings is 1. The third kappa shape index (κ3) is 3.55. The van der Waals surface area contributed by atoms with Crippen molar-refractivity contribution in [2.75, 3.05) is 0 Å². The van der Waals surface area contributed by atoms with Gasteiger partial charge in [0.2, 0.25) is 0 Å². The number of phenols is 1. The third-order valence-corrected chi connectivity index (χ3v) is 5.01. The summed E-state index contributed by atoms with van der Waals surface area (Å²) in [6.07, 6.45) is 0. The molecule has 25 heavy (non-hydrogen) atoms. The molecule has 0 bridgehead atoms. The normalized spacial score (nSPS) is 10.6. The van der Waals surface area contributed by atoms with Crippen LogP contribution in [0.3, 0.4) is 0 Å². The fourth-order valence-corrected chi connectivity index (χ4v) is 3.56. The second kappa shape index (κ2) is 7.04. The molecule has 0 saturated heterocycles. The Kier molecular flexibility index (Phi) is 4.83. The van der Waals surface area contributed by atoms with Crippen molar-refractivity contribution in [1.82, 2.24) is 9.97 Å². The van der Waals surface area contributed by atoms with Crippen molar-refractivity contribution in [3.05, 3.63) is 68.6 Å². The first-order valence-corrected chi connectivity index (χ1v) is 8.71. The Morgan fingerprint density at radius 3 is 2.68 bits per heavy atom. The summed E-state index contributed by atoms with van der Waals surface area (Å²) in [5, 5.41) is 11.1. The molecule has 0 atom stereocenters. The fourth-order valence-electron chi connectivity index (χ4n) is 2.06. The second-order valence-electron chi connectivity index (χ2n) is 4.85. The summed E-state index contributed by atoms with van der Waals surface area (Å²) in [5.41, 5.74) is -0.112. The van der Waals surface area contributed by atoms with Crippen molar-refractivity contribution in [3.8, 4) is 16.3 Å². The molecule has 0 radical (unpaired) electrons. The molecule has 5 nitrogen and oxygen atoms in total. The van der Waals surface area contributed by atoms with Gasteiger partial charge in [-0.05, 0) is 29.1 Å². The van der Waals surface area contributed by atoms with Crippen molar-refractivity contribution in [2.24, 2.45) is 0 Å². The van der Waals surface area contributed by atoms with Crippen LogP contribution in [0, 0.1) is 18.2 Å². The molecule has 2 heterocycles. The molecular weight excluding hydrogens is 368 g/mol. The molecule has 0 fully saturated rings. The Balaban J connectivity index is 1.92. The van der Waals surface area contributed by atoms with Gasteiger partial charge in [-0.2, -0.15) is 0 Å². The number of hydrogen-bond donors (Lipinski definition) is 2. The van der Waals surface area contributed by atoms with E-state index < -0.39 is 22.9 Å². The van der Waals surface area contributed by atoms with Crippen molar-refractivity contribution in [2.45, 2.75) is 10.9 Å². The molecule has 0 aliphatic rings. The van der Waals surface area contributed by atoms with Gasteiger partial charge in [-0.25, -0.2) is 18.6 Å². The van der Waals surface area contributed by atoms with Crippen LogP contribution in [0.4, 0.5) is 14.5 Å². The standard InChI is InChI=1S/C16H9F2N3O2S2/c1-19-13-12(11-3-2-4-24-11)20-16(21-15(13)23)25-7-8-5-9(17)14(22)10(18)6-8/h2-6,22H,7H2,(H,20,21,23). The number of nitrogens with zero attached hydrogens (tertiary/aromatic N) is 2. The molecule has 3 aromatic rings. The zero-order valence-corrected chi connectivity index (χ0v) is 14.0. The quantitative estimate of drug-likeness (QED) is 0.403. The maximum Gasteiger partial charge on any atom is 0.276 e. The number of benzene rings is 1. The lowest BCUT2D eigenvalue weighted by Crippen LogP contribution is -2.09. The van der Waals surface area contributed by atoms with Crippen molar-refractivity contribution in [3.63, 3.8) is 0 Å². The predicted octanol–water partition coefficient (Wildman–Crippen LogP) is 4.33. The molecule has 2 aromatic heterocycles. The summed E-state index contributed by atoms with van der Waals surface area (Å²) in [6, 6.07) is 5.56. The van der Waals surface area contributed by atoms with Crippen LogP contribution in [0.2, 0.25) is 0 Å². The van der Waals surface area contributed by atoms with Crippen LogP contribution in [0.15, 0.2) is 39.6 Å². The van der Waals surface area contributed by atoms with Gasteiger partial charge in [0.05, 0.1) is 12.3 Å². The molecule has 0 saturated carbocycles. The van der Waals surface area contributed by atoms with E-state index >= 15 is 0 Å². The maximum atomic E-state index is 13.4. The second-order valence-corrected chi connectivity index (χ2v) is 6.77. The molecule has 3 rings (SSSR count). The molecule has 1 aromatic carbocycles. The van der Waals surface area contributed by atoms with Gasteiger partial charge in [0.15, 0.2) is 22.5 Å². The van der Waals surface area contributed by atoms with Crippen LogP contribution in [0.5, 0.6) is 5.75 Å². The molecular formula is C16H9F2N3O2S2. The van der Waals surface area contributed by atoms with Gasteiger partial charge in [-0.15, -0.1) is 11.3 Å². The number of phenolic OH excluding ortho intramolecular Hbond substituents is 1. The number of nitrogens with one attached hydrogen (secondary N) is 1. The first-order chi connectivity index (χ1) is 12.0. The first kappa shape index (κ1) is 17.1. The van der Waals surface area contributed by atoms with E-state index in [9.17, 15) is 13.6 Å². The summed E-state index contributed by atoms with van der Waals surface area (Å²) in [6.45, 7) is 7.16. The number of halogens is 2. The lowest BCUT2D eigenvalue weighted by Gasteiger charge is -2.06. The Labute approximate surface area is 148 Å². The van der Waals surface area contributed by atoms with Gasteiger partial charge < -0.3 is 10.1 Å². The number of aromatic hydroxyl groups is 1. The monoisotopic (exact) mass is 377 g/mol. The summed E-state index contributed by atoms with van der Waals surface area (Å²) < 4.78 is 26.7. The number of thioether (sulfide) groups is 1. The minimum atomic E-state index is -1.06. The van der Waals surface area contributed by atoms with Crippen molar-refractivity contribution >= 4 is 28.8 Å². The fraction of sp³-hybridized carbons (Fsp3) is 0.0625. The van der Waals surface area contributed by atoms with Gasteiger partial charge in [0.25, 0.3) is 11.2 Å². The van der Waals surface area contributed by atoms with Crippen LogP contribution in [-0.4, -0.2) is 15.1 Å². The first-order valence-electron chi connectivity index (χ1n) is 6.85. The molecule has 0 spiro atoms. The van der Waals surface area contributed by atoms with E-state index in [4.69, 9.17) is 11.7 Å². The number of aromatic nitrogens is 2. The van der Waals surface area contributed by atoms with Gasteiger partial charge in [0.1, 0.15) is 0 Å². The molecule has 126 valence electrons. The largest absolute Gasteiger partial charge is 0.503 e. The van der Waals surface area contributed by atoms with E-state index in [-0.39, 0.29) is 27.9 Å². The number of aromatic amines is 1. The Morgan fingerprint density at radius 2 is 2.08 bits per heavy atom. The van der Waals surface area contributed by atoms with E-state index in [0.717, 1.165) is 23.9 Å². The van der Waals surface area contributed by atoms with Crippen molar-refractivity contribution in [1.29, 1.82) is 0 Å². The summed E-state index contributed by atoms with van der Waals surface area (Å²) in [7, 11) is 0. The predicted molar refractivity (Wildman–Crippen MR) is 92.0 cm³/mol. The summed E-state index contributed by atoms with van der Waals surface area (Å²) in [5.74, 6) is -3.01. The highest BCUT2D eigenvalue weighted by molar-refractivity contribution is 7.98. The Bertz CT molecular complexity index is 1000. The highest BCUT2D eigenvalue weighted by Crippen LogP contribution is 2.31. The van der Waals surface area contributed by atoms with Crippen LogP contribution in [0.1, 0.15) is 5.56 Å². The van der Waals surface area contributed by atoms with E-state index in [2.05, 4.69) is 14.8 Å². The highest BCUT2D eigenvalue weighted by atomic mass is 32.2. The summed E-state index contributed by atoms with van der Waals surface area (Å²) >= 11 is 2.41. The number of H-pyrrole nitrogens is 1. The topological polar surface area (TPSA) is 70.3 Å². The molecule has 2 N–H and O–H groups in total. The Morgan fingerprint density at radius 1 is 1.36 bits per heavy atom. The van der Waals surface area contributed by atoms with E-state index in [1.807, 2.05) is 0 Å². The van der Waals surface area contributed by atoms with Crippen LogP contribution >= 0.6 is 23.1 Å². The van der Waals surface area contributed by atoms with Crippen LogP contribution < -0.4 is 5.56 Å². The van der Waals surface area contributed by atoms with E-state index in [0.29, 0.717) is 4.88 Å². The van der Waals surface area contributed by atoms with Crippen LogP contribution in [0.25, 0.3) is 15.4 Å². The molecule has 0 aliphatic carbocycles. The van der Waals surface area contributed by atoms with Gasteiger partial charge in [-0.3, -0.25) is 4.79 Å². The Hall–Kier alpha value is -2.70. The lowest BCUT2D eigenvalue weighted by molar-refractivity contribution is 0.395. The van der Waals surface area contributed by atoms with Crippen molar-refractivity contribution < 1.29 is 13.9 Å². The summed E-state index contributed by atoms with van der Waals surface area (Å²) in [4.78, 5) is 22.8. The lowest BCUT2D eigenvalue weighted by atomic mass is 10.2. The van der Waals surface area contributed by atoms with Gasteiger partial charge >= 0.3 is 0 Å².